The molecule has 3 rings (SSSR count). The number of nitrogens with zero attached hydrogens (tertiary/aromatic N) is 2. The fourth-order valence-corrected chi connectivity index (χ4v) is 3.20. The first-order valence-electron chi connectivity index (χ1n) is 10.4. The molecule has 0 atom stereocenters. The van der Waals surface area contributed by atoms with Crippen LogP contribution in [0.2, 0.25) is 0 Å². The molecule has 1 aliphatic rings. The Morgan fingerprint density at radius 1 is 1.06 bits per heavy atom. The number of carbonyl (C=O) groups is 2. The van der Waals surface area contributed by atoms with Crippen LogP contribution in [-0.4, -0.2) is 62.1 Å². The number of para-hydroxylation sites is 1. The number of nitrogens with one attached hydrogen (secondary N) is 3. The first-order valence-corrected chi connectivity index (χ1v) is 10.4. The van der Waals surface area contributed by atoms with Crippen LogP contribution >= 0.6 is 0 Å². The number of guanidine groups is 1. The quantitative estimate of drug-likeness (QED) is 0.490. The van der Waals surface area contributed by atoms with E-state index in [1.165, 1.54) is 6.92 Å². The van der Waals surface area contributed by atoms with Gasteiger partial charge in [-0.15, -0.1) is 0 Å². The van der Waals surface area contributed by atoms with Crippen LogP contribution in [0.1, 0.15) is 22.8 Å². The van der Waals surface area contributed by atoms with Gasteiger partial charge in [-0.3, -0.25) is 24.8 Å². The third kappa shape index (κ3) is 7.20. The van der Waals surface area contributed by atoms with E-state index in [4.69, 9.17) is 4.74 Å². The number of benzene rings is 2. The van der Waals surface area contributed by atoms with Crippen LogP contribution in [0.25, 0.3) is 0 Å². The molecule has 2 aromatic rings. The van der Waals surface area contributed by atoms with Crippen molar-refractivity contribution in [3.8, 4) is 0 Å². The van der Waals surface area contributed by atoms with Gasteiger partial charge in [-0.2, -0.15) is 0 Å². The maximum atomic E-state index is 12.9. The Balaban J connectivity index is 1.71. The van der Waals surface area contributed by atoms with Gasteiger partial charge in [-0.05, 0) is 36.8 Å². The number of carbonyl (C=O) groups excluding carboxylic acids is 2. The summed E-state index contributed by atoms with van der Waals surface area (Å²) in [7, 11) is 0. The number of anilines is 2. The minimum atomic E-state index is -0.307. The monoisotopic (exact) mass is 423 g/mol. The van der Waals surface area contributed by atoms with Gasteiger partial charge < -0.3 is 15.4 Å². The molecule has 0 aromatic heterocycles. The number of hydrogen-bond acceptors (Lipinski definition) is 5. The van der Waals surface area contributed by atoms with E-state index in [0.29, 0.717) is 23.8 Å². The van der Waals surface area contributed by atoms with E-state index in [1.54, 1.807) is 24.3 Å². The van der Waals surface area contributed by atoms with Gasteiger partial charge in [0.15, 0.2) is 0 Å². The highest BCUT2D eigenvalue weighted by molar-refractivity contribution is 6.10. The Labute approximate surface area is 182 Å². The number of hydrogen-bond donors (Lipinski definition) is 3. The summed E-state index contributed by atoms with van der Waals surface area (Å²) in [6.07, 6.45) is 0. The zero-order valence-electron chi connectivity index (χ0n) is 18.0. The fraction of sp³-hybridized carbons (Fsp3) is 0.348. The van der Waals surface area contributed by atoms with Crippen molar-refractivity contribution in [3.05, 3.63) is 59.7 Å². The number of ether oxygens (including phenoxy) is 1. The molecule has 0 spiro atoms. The van der Waals surface area contributed by atoms with Crippen molar-refractivity contribution in [3.63, 3.8) is 0 Å². The van der Waals surface area contributed by atoms with Gasteiger partial charge in [0, 0.05) is 43.5 Å². The minimum Gasteiger partial charge on any atom is -0.379 e. The SMILES string of the molecule is CC(=O)Nc1cccc(C(=O)NC(=NCCN2CCOCC2)Nc2ccccc2C)c1. The lowest BCUT2D eigenvalue weighted by Crippen LogP contribution is -2.39. The second kappa shape index (κ2) is 11.2. The van der Waals surface area contributed by atoms with Crippen LogP contribution in [0, 0.1) is 6.92 Å². The predicted octanol–water partition coefficient (Wildman–Crippen LogP) is 2.48. The van der Waals surface area contributed by atoms with Gasteiger partial charge in [-0.25, -0.2) is 0 Å². The average Bonchev–Trinajstić information content (AvgIpc) is 2.75. The van der Waals surface area contributed by atoms with Crippen LogP contribution < -0.4 is 16.0 Å². The Morgan fingerprint density at radius 3 is 2.58 bits per heavy atom. The Kier molecular flexibility index (Phi) is 8.14. The molecule has 164 valence electrons. The molecule has 0 aliphatic carbocycles. The minimum absolute atomic E-state index is 0.191. The normalized spacial score (nSPS) is 14.7. The van der Waals surface area contributed by atoms with Gasteiger partial charge in [0.25, 0.3) is 5.91 Å². The Hall–Kier alpha value is -3.23. The Morgan fingerprint density at radius 2 is 1.84 bits per heavy atom. The van der Waals surface area contributed by atoms with Crippen molar-refractivity contribution in [2.45, 2.75) is 13.8 Å². The Bertz CT molecular complexity index is 938. The first-order chi connectivity index (χ1) is 15.0. The van der Waals surface area contributed by atoms with Gasteiger partial charge >= 0.3 is 0 Å². The van der Waals surface area contributed by atoms with Crippen molar-refractivity contribution in [1.29, 1.82) is 0 Å². The van der Waals surface area contributed by atoms with E-state index in [1.807, 2.05) is 31.2 Å². The summed E-state index contributed by atoms with van der Waals surface area (Å²) >= 11 is 0. The maximum Gasteiger partial charge on any atom is 0.258 e. The highest BCUT2D eigenvalue weighted by Gasteiger charge is 2.13. The second-order valence-electron chi connectivity index (χ2n) is 7.34. The van der Waals surface area contributed by atoms with Crippen LogP contribution in [0.15, 0.2) is 53.5 Å². The van der Waals surface area contributed by atoms with Gasteiger partial charge in [0.2, 0.25) is 11.9 Å². The summed E-state index contributed by atoms with van der Waals surface area (Å²) in [5.41, 5.74) is 2.92. The predicted molar refractivity (Wildman–Crippen MR) is 123 cm³/mol. The largest absolute Gasteiger partial charge is 0.379 e. The van der Waals surface area contributed by atoms with E-state index < -0.39 is 0 Å². The summed E-state index contributed by atoms with van der Waals surface area (Å²) in [6.45, 7) is 8.00. The molecular formula is C23H29N5O3. The van der Waals surface area contributed by atoms with E-state index in [0.717, 1.165) is 44.1 Å². The molecule has 2 aromatic carbocycles. The molecule has 8 nitrogen and oxygen atoms in total. The number of aryl methyl sites for hydroxylation is 1. The molecule has 0 radical (unpaired) electrons. The second-order valence-corrected chi connectivity index (χ2v) is 7.34. The smallest absolute Gasteiger partial charge is 0.258 e. The maximum absolute atomic E-state index is 12.9. The van der Waals surface area contributed by atoms with Gasteiger partial charge in [0.05, 0.1) is 19.8 Å². The lowest BCUT2D eigenvalue weighted by atomic mass is 10.2. The fourth-order valence-electron chi connectivity index (χ4n) is 3.20. The average molecular weight is 424 g/mol. The van der Waals surface area contributed by atoms with E-state index in [9.17, 15) is 9.59 Å². The molecule has 1 fully saturated rings. The number of rotatable bonds is 6. The molecule has 1 saturated heterocycles. The van der Waals surface area contributed by atoms with Crippen LogP contribution in [-0.2, 0) is 9.53 Å². The number of amides is 2. The number of morpholine rings is 1. The van der Waals surface area contributed by atoms with Crippen LogP contribution in [0.3, 0.4) is 0 Å². The lowest BCUT2D eigenvalue weighted by molar-refractivity contribution is -0.114. The third-order valence-electron chi connectivity index (χ3n) is 4.87. The van der Waals surface area contributed by atoms with E-state index in [-0.39, 0.29) is 11.8 Å². The highest BCUT2D eigenvalue weighted by atomic mass is 16.5. The molecule has 0 bridgehead atoms. The molecule has 3 N–H and O–H groups in total. The topological polar surface area (TPSA) is 95.1 Å². The van der Waals surface area contributed by atoms with Gasteiger partial charge in [0.1, 0.15) is 0 Å². The molecule has 0 saturated carbocycles. The summed E-state index contributed by atoms with van der Waals surface area (Å²) in [4.78, 5) is 31.1. The molecule has 0 unspecified atom stereocenters. The van der Waals surface area contributed by atoms with Crippen LogP contribution in [0.5, 0.6) is 0 Å². The molecule has 8 heteroatoms. The van der Waals surface area contributed by atoms with Crippen molar-refractivity contribution in [1.82, 2.24) is 10.2 Å². The third-order valence-corrected chi connectivity index (χ3v) is 4.87. The van der Waals surface area contributed by atoms with Crippen LogP contribution in [0.4, 0.5) is 11.4 Å². The van der Waals surface area contributed by atoms with Crippen molar-refractivity contribution >= 4 is 29.1 Å². The highest BCUT2D eigenvalue weighted by Crippen LogP contribution is 2.14. The standard InChI is InChI=1S/C23H29N5O3/c1-17-6-3-4-9-21(17)26-23(24-10-11-28-12-14-31-15-13-28)27-22(30)19-7-5-8-20(16-19)25-18(2)29/h3-9,16H,10-15H2,1-2H3,(H,25,29)(H2,24,26,27,30). The zero-order chi connectivity index (χ0) is 22.1. The van der Waals surface area contributed by atoms with Crippen molar-refractivity contribution in [2.24, 2.45) is 4.99 Å². The summed E-state index contributed by atoms with van der Waals surface area (Å²) in [5, 5.41) is 8.80. The summed E-state index contributed by atoms with van der Waals surface area (Å²) < 4.78 is 5.38. The number of aliphatic imine (C=N–C) groups is 1. The molecule has 31 heavy (non-hydrogen) atoms. The van der Waals surface area contributed by atoms with Gasteiger partial charge in [-0.1, -0.05) is 24.3 Å². The summed E-state index contributed by atoms with van der Waals surface area (Å²) in [5.74, 6) is -0.111. The van der Waals surface area contributed by atoms with E-state index >= 15 is 0 Å². The molecule has 1 aliphatic heterocycles. The molecular weight excluding hydrogens is 394 g/mol. The first kappa shape index (κ1) is 22.5. The molecule has 2 amide bonds. The summed E-state index contributed by atoms with van der Waals surface area (Å²) in [6, 6.07) is 14.6. The molecule has 1 heterocycles. The van der Waals surface area contributed by atoms with Crippen molar-refractivity contribution < 1.29 is 14.3 Å². The lowest BCUT2D eigenvalue weighted by Gasteiger charge is -2.25. The van der Waals surface area contributed by atoms with E-state index in [2.05, 4.69) is 25.8 Å². The zero-order valence-corrected chi connectivity index (χ0v) is 18.0. The van der Waals surface area contributed by atoms with Crippen molar-refractivity contribution in [2.75, 3.05) is 50.0 Å².